The van der Waals surface area contributed by atoms with Crippen LogP contribution < -0.4 is 15.4 Å². The SMILES string of the molecule is COc1ccc2c(CCNc3nccc(Nc4ccc5[nH]ccc5c4)n3)c[nH]c2c1. The molecule has 0 amide bonds. The summed E-state index contributed by atoms with van der Waals surface area (Å²) >= 11 is 0. The highest BCUT2D eigenvalue weighted by Crippen LogP contribution is 2.24. The maximum atomic E-state index is 5.28. The van der Waals surface area contributed by atoms with Crippen LogP contribution in [0.15, 0.2) is 67.1 Å². The van der Waals surface area contributed by atoms with Crippen molar-refractivity contribution < 1.29 is 4.74 Å². The van der Waals surface area contributed by atoms with E-state index in [1.165, 1.54) is 10.9 Å². The first-order chi connectivity index (χ1) is 14.8. The predicted molar refractivity (Wildman–Crippen MR) is 121 cm³/mol. The molecule has 7 heteroatoms. The Morgan fingerprint density at radius 2 is 1.97 bits per heavy atom. The largest absolute Gasteiger partial charge is 0.497 e. The van der Waals surface area contributed by atoms with Gasteiger partial charge in [-0.1, -0.05) is 0 Å². The van der Waals surface area contributed by atoms with Gasteiger partial charge in [0.25, 0.3) is 0 Å². The van der Waals surface area contributed by atoms with Crippen LogP contribution >= 0.6 is 0 Å². The third-order valence-corrected chi connectivity index (χ3v) is 5.13. The van der Waals surface area contributed by atoms with Crippen molar-refractivity contribution in [1.82, 2.24) is 19.9 Å². The number of ether oxygens (including phenoxy) is 1. The summed E-state index contributed by atoms with van der Waals surface area (Å²) in [4.78, 5) is 15.4. The van der Waals surface area contributed by atoms with E-state index in [-0.39, 0.29) is 0 Å². The van der Waals surface area contributed by atoms with Gasteiger partial charge < -0.3 is 25.3 Å². The summed E-state index contributed by atoms with van der Waals surface area (Å²) in [6, 6.07) is 16.2. The van der Waals surface area contributed by atoms with Gasteiger partial charge in [-0.25, -0.2) is 4.98 Å². The Balaban J connectivity index is 1.24. The van der Waals surface area contributed by atoms with Gasteiger partial charge in [-0.2, -0.15) is 4.98 Å². The summed E-state index contributed by atoms with van der Waals surface area (Å²) in [5.41, 5.74) is 4.42. The highest BCUT2D eigenvalue weighted by Gasteiger charge is 2.06. The molecule has 0 saturated heterocycles. The molecule has 0 radical (unpaired) electrons. The average Bonchev–Trinajstić information content (AvgIpc) is 3.40. The molecular formula is C23H22N6O. The molecule has 0 saturated carbocycles. The Bertz CT molecular complexity index is 1310. The molecule has 5 aromatic rings. The molecule has 30 heavy (non-hydrogen) atoms. The second-order valence-corrected chi connectivity index (χ2v) is 7.07. The van der Waals surface area contributed by atoms with E-state index in [2.05, 4.69) is 48.8 Å². The highest BCUT2D eigenvalue weighted by molar-refractivity contribution is 5.85. The Labute approximate surface area is 173 Å². The fourth-order valence-electron chi connectivity index (χ4n) is 3.60. The lowest BCUT2D eigenvalue weighted by atomic mass is 10.1. The average molecular weight is 398 g/mol. The Morgan fingerprint density at radius 3 is 2.90 bits per heavy atom. The fourth-order valence-corrected chi connectivity index (χ4v) is 3.60. The molecule has 0 aliphatic rings. The van der Waals surface area contributed by atoms with Crippen molar-refractivity contribution in [1.29, 1.82) is 0 Å². The summed E-state index contributed by atoms with van der Waals surface area (Å²) in [5, 5.41) is 9.02. The maximum Gasteiger partial charge on any atom is 0.224 e. The van der Waals surface area contributed by atoms with Gasteiger partial charge in [0.1, 0.15) is 11.6 Å². The molecule has 0 unspecified atom stereocenters. The number of nitrogens with one attached hydrogen (secondary N) is 4. The number of aromatic nitrogens is 4. The topological polar surface area (TPSA) is 90.7 Å². The van der Waals surface area contributed by atoms with E-state index in [4.69, 9.17) is 4.74 Å². The van der Waals surface area contributed by atoms with E-state index >= 15 is 0 Å². The van der Waals surface area contributed by atoms with Crippen molar-refractivity contribution in [2.45, 2.75) is 6.42 Å². The normalized spacial score (nSPS) is 11.1. The number of hydrogen-bond donors (Lipinski definition) is 4. The summed E-state index contributed by atoms with van der Waals surface area (Å²) in [6.45, 7) is 0.734. The van der Waals surface area contributed by atoms with Crippen LogP contribution in [0.25, 0.3) is 21.8 Å². The van der Waals surface area contributed by atoms with E-state index in [0.29, 0.717) is 5.95 Å². The van der Waals surface area contributed by atoms with Crippen molar-refractivity contribution in [3.05, 3.63) is 72.7 Å². The molecule has 2 aromatic carbocycles. The molecule has 0 fully saturated rings. The summed E-state index contributed by atoms with van der Waals surface area (Å²) in [6.07, 6.45) is 6.59. The van der Waals surface area contributed by atoms with Gasteiger partial charge in [0.05, 0.1) is 7.11 Å². The molecule has 0 atom stereocenters. The first-order valence-corrected chi connectivity index (χ1v) is 9.83. The van der Waals surface area contributed by atoms with E-state index in [1.54, 1.807) is 13.3 Å². The standard InChI is InChI=1S/C23H22N6O/c1-30-18-3-4-19-16(14-27-21(19)13-18)7-10-25-23-26-11-8-22(29-23)28-17-2-5-20-15(12-17)6-9-24-20/h2-6,8-9,11-14,24,27H,7,10H2,1H3,(H2,25,26,28,29). The summed E-state index contributed by atoms with van der Waals surface area (Å²) < 4.78 is 5.28. The number of fused-ring (bicyclic) bond motifs is 2. The van der Waals surface area contributed by atoms with Crippen molar-refractivity contribution >= 4 is 39.3 Å². The van der Waals surface area contributed by atoms with Gasteiger partial charge >= 0.3 is 0 Å². The Kier molecular flexibility index (Phi) is 4.69. The molecule has 3 aromatic heterocycles. The molecule has 3 heterocycles. The fraction of sp³-hybridized carbons (Fsp3) is 0.130. The second-order valence-electron chi connectivity index (χ2n) is 7.07. The number of aromatic amines is 2. The molecule has 0 bridgehead atoms. The highest BCUT2D eigenvalue weighted by atomic mass is 16.5. The number of H-pyrrole nitrogens is 2. The number of hydrogen-bond acceptors (Lipinski definition) is 5. The van der Waals surface area contributed by atoms with Gasteiger partial charge in [-0.05, 0) is 54.4 Å². The summed E-state index contributed by atoms with van der Waals surface area (Å²) in [5.74, 6) is 2.20. The smallest absolute Gasteiger partial charge is 0.224 e. The van der Waals surface area contributed by atoms with Crippen molar-refractivity contribution in [2.75, 3.05) is 24.3 Å². The zero-order chi connectivity index (χ0) is 20.3. The van der Waals surface area contributed by atoms with E-state index < -0.39 is 0 Å². The third-order valence-electron chi connectivity index (χ3n) is 5.13. The van der Waals surface area contributed by atoms with Gasteiger partial charge in [-0.15, -0.1) is 0 Å². The van der Waals surface area contributed by atoms with Crippen LogP contribution in [-0.4, -0.2) is 33.6 Å². The Morgan fingerprint density at radius 1 is 1.00 bits per heavy atom. The lowest BCUT2D eigenvalue weighted by Gasteiger charge is -2.08. The maximum absolute atomic E-state index is 5.28. The quantitative estimate of drug-likeness (QED) is 0.315. The zero-order valence-corrected chi connectivity index (χ0v) is 16.6. The minimum atomic E-state index is 0.601. The molecule has 0 spiro atoms. The number of nitrogens with zero attached hydrogens (tertiary/aromatic N) is 2. The number of benzene rings is 2. The molecule has 150 valence electrons. The number of rotatable bonds is 7. The first-order valence-electron chi connectivity index (χ1n) is 9.83. The van der Waals surface area contributed by atoms with Crippen LogP contribution in [0.1, 0.15) is 5.56 Å². The lowest BCUT2D eigenvalue weighted by Crippen LogP contribution is -2.08. The van der Waals surface area contributed by atoms with Gasteiger partial charge in [-0.3, -0.25) is 0 Å². The van der Waals surface area contributed by atoms with Crippen molar-refractivity contribution in [3.63, 3.8) is 0 Å². The zero-order valence-electron chi connectivity index (χ0n) is 16.6. The molecule has 7 nitrogen and oxygen atoms in total. The number of anilines is 3. The van der Waals surface area contributed by atoms with Gasteiger partial charge in [0.15, 0.2) is 0 Å². The number of methoxy groups -OCH3 is 1. The monoisotopic (exact) mass is 398 g/mol. The molecule has 0 aliphatic heterocycles. The van der Waals surface area contributed by atoms with E-state index in [9.17, 15) is 0 Å². The molecule has 5 rings (SSSR count). The minimum Gasteiger partial charge on any atom is -0.497 e. The summed E-state index contributed by atoms with van der Waals surface area (Å²) in [7, 11) is 1.68. The van der Waals surface area contributed by atoms with Crippen LogP contribution in [0.5, 0.6) is 5.75 Å². The molecule has 0 aliphatic carbocycles. The van der Waals surface area contributed by atoms with E-state index in [0.717, 1.165) is 46.6 Å². The molecular weight excluding hydrogens is 376 g/mol. The van der Waals surface area contributed by atoms with Crippen molar-refractivity contribution in [2.24, 2.45) is 0 Å². The van der Waals surface area contributed by atoms with Crippen LogP contribution in [0, 0.1) is 0 Å². The molecule has 4 N–H and O–H groups in total. The Hall–Kier alpha value is -4.00. The third kappa shape index (κ3) is 3.65. The lowest BCUT2D eigenvalue weighted by molar-refractivity contribution is 0.415. The van der Waals surface area contributed by atoms with Gasteiger partial charge in [0, 0.05) is 58.7 Å². The van der Waals surface area contributed by atoms with Crippen LogP contribution in [0.3, 0.4) is 0 Å². The van der Waals surface area contributed by atoms with Crippen molar-refractivity contribution in [3.8, 4) is 5.75 Å². The van der Waals surface area contributed by atoms with Crippen LogP contribution in [0.2, 0.25) is 0 Å². The minimum absolute atomic E-state index is 0.601. The van der Waals surface area contributed by atoms with Gasteiger partial charge in [0.2, 0.25) is 5.95 Å². The van der Waals surface area contributed by atoms with Crippen LogP contribution in [0.4, 0.5) is 17.5 Å². The predicted octanol–water partition coefficient (Wildman–Crippen LogP) is 4.85. The van der Waals surface area contributed by atoms with E-state index in [1.807, 2.05) is 42.7 Å². The second kappa shape index (κ2) is 7.79. The van der Waals surface area contributed by atoms with Crippen LogP contribution in [-0.2, 0) is 6.42 Å². The first kappa shape index (κ1) is 18.1.